The Morgan fingerprint density at radius 3 is 2.17 bits per heavy atom. The molecule has 0 radical (unpaired) electrons. The Bertz CT molecular complexity index is 18.3. The molecule has 0 aromatic rings. The highest BCUT2D eigenvalue weighted by Gasteiger charge is 1.69. The molecule has 1 unspecified atom stereocenters. The zero-order valence-corrected chi connectivity index (χ0v) is 5.59. The van der Waals surface area contributed by atoms with Gasteiger partial charge < -0.3 is 4.89 Å². The monoisotopic (exact) mass is 128 g/mol. The molecule has 1 N–H and O–H groups in total. The molecule has 0 amide bonds. The molecular weight excluding hydrogens is 118 g/mol. The van der Waals surface area contributed by atoms with Crippen molar-refractivity contribution in [3.05, 3.63) is 0 Å². The number of rotatable bonds is 2. The Morgan fingerprint density at radius 2 is 2.17 bits per heavy atom. The Morgan fingerprint density at radius 1 is 1.67 bits per heavy atom. The number of hydrogen-bond acceptors (Lipinski definition) is 1. The predicted molar refractivity (Wildman–Crippen MR) is 32.9 cm³/mol. The fraction of sp³-hybridized carbons (Fsp3) is 1.00. The lowest BCUT2D eigenvalue weighted by Gasteiger charge is -1.79. The Balaban J connectivity index is 0. The second kappa shape index (κ2) is 9.19. The van der Waals surface area contributed by atoms with E-state index < -0.39 is 0 Å². The second-order valence-electron chi connectivity index (χ2n) is 0.908. The average molecular weight is 129 g/mol. The van der Waals surface area contributed by atoms with Crippen molar-refractivity contribution >= 4 is 21.2 Å². The molecule has 0 saturated heterocycles. The molecule has 0 saturated carbocycles. The van der Waals surface area contributed by atoms with Gasteiger partial charge in [-0.05, 0) is 6.16 Å². The van der Waals surface area contributed by atoms with Crippen LogP contribution in [-0.4, -0.2) is 11.1 Å². The van der Waals surface area contributed by atoms with Gasteiger partial charge in [-0.1, -0.05) is 13.3 Å². The molecule has 0 heterocycles. The SMILES string of the molecule is CCCPO.Cl. The van der Waals surface area contributed by atoms with Gasteiger partial charge in [-0.25, -0.2) is 0 Å². The van der Waals surface area contributed by atoms with Crippen LogP contribution in [0.25, 0.3) is 0 Å². The standard InChI is InChI=1S/C3H9OP.ClH/c1-2-3-5-4;/h4-5H,2-3H2,1H3;1H. The zero-order valence-electron chi connectivity index (χ0n) is 3.77. The van der Waals surface area contributed by atoms with Gasteiger partial charge in [0.05, 0.1) is 0 Å². The largest absolute Gasteiger partial charge is 0.377 e. The fourth-order valence-electron chi connectivity index (χ4n) is 0.112. The van der Waals surface area contributed by atoms with Crippen LogP contribution in [0.3, 0.4) is 0 Å². The maximum Gasteiger partial charge on any atom is 0.0107 e. The van der Waals surface area contributed by atoms with E-state index in [9.17, 15) is 0 Å². The highest BCUT2D eigenvalue weighted by Crippen LogP contribution is 2.00. The highest BCUT2D eigenvalue weighted by molar-refractivity contribution is 7.31. The van der Waals surface area contributed by atoms with E-state index in [1.54, 1.807) is 0 Å². The minimum Gasteiger partial charge on any atom is -0.377 e. The minimum absolute atomic E-state index is 0. The van der Waals surface area contributed by atoms with E-state index in [0.717, 1.165) is 12.6 Å². The van der Waals surface area contributed by atoms with Crippen molar-refractivity contribution in [1.82, 2.24) is 0 Å². The zero-order chi connectivity index (χ0) is 4.12. The van der Waals surface area contributed by atoms with Crippen molar-refractivity contribution in [3.63, 3.8) is 0 Å². The third kappa shape index (κ3) is 8.82. The Kier molecular flexibility index (Phi) is 15.1. The van der Waals surface area contributed by atoms with Crippen LogP contribution in [0.15, 0.2) is 0 Å². The summed E-state index contributed by atoms with van der Waals surface area (Å²) in [6, 6.07) is 0. The van der Waals surface area contributed by atoms with Crippen molar-refractivity contribution in [2.45, 2.75) is 13.3 Å². The van der Waals surface area contributed by atoms with Gasteiger partial charge in [0.1, 0.15) is 0 Å². The average Bonchev–Trinajstić information content (AvgIpc) is 1.41. The van der Waals surface area contributed by atoms with Crippen LogP contribution in [0.4, 0.5) is 0 Å². The molecule has 0 aromatic carbocycles. The van der Waals surface area contributed by atoms with Crippen LogP contribution in [0.1, 0.15) is 13.3 Å². The summed E-state index contributed by atoms with van der Waals surface area (Å²) in [5.74, 6) is 0. The highest BCUT2D eigenvalue weighted by atomic mass is 35.5. The van der Waals surface area contributed by atoms with Crippen LogP contribution < -0.4 is 0 Å². The van der Waals surface area contributed by atoms with E-state index in [-0.39, 0.29) is 21.2 Å². The van der Waals surface area contributed by atoms with E-state index in [1.807, 2.05) is 0 Å². The summed E-state index contributed by atoms with van der Waals surface area (Å²) >= 11 is 0. The van der Waals surface area contributed by atoms with Crippen LogP contribution in [0.2, 0.25) is 0 Å². The summed E-state index contributed by atoms with van der Waals surface area (Å²) in [6.07, 6.45) is 2.08. The quantitative estimate of drug-likeness (QED) is 0.558. The third-order valence-corrected chi connectivity index (χ3v) is 1.09. The van der Waals surface area contributed by atoms with E-state index in [1.165, 1.54) is 0 Å². The van der Waals surface area contributed by atoms with Crippen LogP contribution in [-0.2, 0) is 0 Å². The summed E-state index contributed by atoms with van der Waals surface area (Å²) in [5.41, 5.74) is 0. The summed E-state index contributed by atoms with van der Waals surface area (Å²) in [4.78, 5) is 8.09. The van der Waals surface area contributed by atoms with Gasteiger partial charge in [0.25, 0.3) is 0 Å². The summed E-state index contributed by atoms with van der Waals surface area (Å²) in [7, 11) is 0.158. The lowest BCUT2D eigenvalue weighted by atomic mass is 10.6. The fourth-order valence-corrected chi connectivity index (χ4v) is 0.335. The molecule has 0 aliphatic heterocycles. The summed E-state index contributed by atoms with van der Waals surface area (Å²) in [6.45, 7) is 2.06. The van der Waals surface area contributed by atoms with E-state index in [2.05, 4.69) is 6.92 Å². The van der Waals surface area contributed by atoms with E-state index >= 15 is 0 Å². The maximum absolute atomic E-state index is 8.09. The second-order valence-corrected chi connectivity index (χ2v) is 1.72. The lowest BCUT2D eigenvalue weighted by Crippen LogP contribution is -1.62. The van der Waals surface area contributed by atoms with Gasteiger partial charge in [-0.15, -0.1) is 12.4 Å². The van der Waals surface area contributed by atoms with Crippen LogP contribution >= 0.6 is 21.2 Å². The molecule has 0 fully saturated rings. The summed E-state index contributed by atoms with van der Waals surface area (Å²) < 4.78 is 0. The van der Waals surface area contributed by atoms with Gasteiger partial charge >= 0.3 is 0 Å². The Labute approximate surface area is 46.4 Å². The Hall–Kier alpha value is 0.680. The molecule has 0 rings (SSSR count). The van der Waals surface area contributed by atoms with Gasteiger partial charge in [-0.2, -0.15) is 0 Å². The molecule has 0 aliphatic rings. The van der Waals surface area contributed by atoms with Crippen molar-refractivity contribution in [3.8, 4) is 0 Å². The molecule has 3 heteroatoms. The summed E-state index contributed by atoms with van der Waals surface area (Å²) in [5, 5.41) is 0. The first-order valence-corrected chi connectivity index (χ1v) is 2.94. The topological polar surface area (TPSA) is 20.2 Å². The third-order valence-electron chi connectivity index (χ3n) is 0.362. The minimum atomic E-state index is 0. The lowest BCUT2D eigenvalue weighted by molar-refractivity contribution is 0.643. The van der Waals surface area contributed by atoms with Crippen molar-refractivity contribution in [1.29, 1.82) is 0 Å². The molecule has 6 heavy (non-hydrogen) atoms. The first-order chi connectivity index (χ1) is 2.41. The number of hydrogen-bond donors (Lipinski definition) is 1. The number of halogens is 1. The van der Waals surface area contributed by atoms with Gasteiger partial charge in [-0.3, -0.25) is 0 Å². The first-order valence-electron chi connectivity index (χ1n) is 1.78. The van der Waals surface area contributed by atoms with Gasteiger partial charge in [0.15, 0.2) is 0 Å². The molecule has 1 atom stereocenters. The van der Waals surface area contributed by atoms with Crippen molar-refractivity contribution in [2.24, 2.45) is 0 Å². The molecular formula is C3H10ClOP. The molecule has 1 nitrogen and oxygen atoms in total. The van der Waals surface area contributed by atoms with Gasteiger partial charge in [0, 0.05) is 8.81 Å². The smallest absolute Gasteiger partial charge is 0.0107 e. The molecule has 0 bridgehead atoms. The van der Waals surface area contributed by atoms with E-state index in [0.29, 0.717) is 0 Å². The predicted octanol–water partition coefficient (Wildman–Crippen LogP) is 1.40. The van der Waals surface area contributed by atoms with E-state index in [4.69, 9.17) is 4.89 Å². The maximum atomic E-state index is 8.09. The van der Waals surface area contributed by atoms with Crippen molar-refractivity contribution < 1.29 is 4.89 Å². The van der Waals surface area contributed by atoms with Crippen molar-refractivity contribution in [2.75, 3.05) is 6.16 Å². The van der Waals surface area contributed by atoms with Crippen LogP contribution in [0.5, 0.6) is 0 Å². The molecule has 0 aromatic heterocycles. The van der Waals surface area contributed by atoms with Crippen LogP contribution in [0, 0.1) is 0 Å². The molecule has 0 spiro atoms. The molecule has 40 valence electrons. The molecule has 0 aliphatic carbocycles. The first kappa shape index (κ1) is 9.84. The van der Waals surface area contributed by atoms with Gasteiger partial charge in [0.2, 0.25) is 0 Å². The normalized spacial score (nSPS) is 9.00.